The number of carbonyl (C=O) groups excluding carboxylic acids is 2. The Labute approximate surface area is 214 Å². The number of fused-ring (bicyclic) bond motifs is 3. The van der Waals surface area contributed by atoms with Gasteiger partial charge in [0.1, 0.15) is 5.82 Å². The van der Waals surface area contributed by atoms with Gasteiger partial charge in [-0.25, -0.2) is 4.39 Å². The summed E-state index contributed by atoms with van der Waals surface area (Å²) >= 11 is 0. The fourth-order valence-electron chi connectivity index (χ4n) is 5.94. The van der Waals surface area contributed by atoms with Gasteiger partial charge in [0.15, 0.2) is 5.78 Å². The molecule has 6 heteroatoms. The van der Waals surface area contributed by atoms with E-state index in [1.54, 1.807) is 0 Å². The highest BCUT2D eigenvalue weighted by atomic mass is 19.1. The van der Waals surface area contributed by atoms with E-state index in [0.29, 0.717) is 23.3 Å². The summed E-state index contributed by atoms with van der Waals surface area (Å²) < 4.78 is 15.7. The highest BCUT2D eigenvalue weighted by Gasteiger charge is 2.38. The van der Waals surface area contributed by atoms with Crippen molar-refractivity contribution in [3.8, 4) is 0 Å². The van der Waals surface area contributed by atoms with E-state index in [9.17, 15) is 14.0 Å². The zero-order valence-electron chi connectivity index (χ0n) is 20.9. The Kier molecular flexibility index (Phi) is 5.67. The summed E-state index contributed by atoms with van der Waals surface area (Å²) in [6, 6.07) is 20.3. The van der Waals surface area contributed by atoms with Crippen molar-refractivity contribution in [1.82, 2.24) is 9.88 Å². The van der Waals surface area contributed by atoms with Crippen LogP contribution in [0, 0.1) is 5.82 Å². The number of Topliss-reactive ketones (excluding diaryl/α,β-unsaturated/α-hetero) is 1. The number of ketones is 1. The first kappa shape index (κ1) is 23.2. The third-order valence-electron chi connectivity index (χ3n) is 7.57. The van der Waals surface area contributed by atoms with Crippen molar-refractivity contribution in [3.05, 3.63) is 101 Å². The molecule has 0 saturated carbocycles. The molecule has 1 amide bonds. The Hall–Kier alpha value is -4.19. The molecule has 2 heterocycles. The number of nitrogens with zero attached hydrogens (tertiary/aromatic N) is 1. The van der Waals surface area contributed by atoms with Gasteiger partial charge in [-0.3, -0.25) is 9.59 Å². The summed E-state index contributed by atoms with van der Waals surface area (Å²) in [4.78, 5) is 27.0. The maximum Gasteiger partial charge on any atom is 0.254 e. The summed E-state index contributed by atoms with van der Waals surface area (Å²) in [6.07, 6.45) is 2.05. The largest absolute Gasteiger partial charge is 0.362 e. The average Bonchev–Trinajstić information content (AvgIpc) is 3.22. The molecule has 1 aliphatic carbocycles. The number of rotatable bonds is 4. The van der Waals surface area contributed by atoms with Crippen LogP contribution in [0.1, 0.15) is 44.6 Å². The monoisotopic (exact) mass is 493 g/mol. The lowest BCUT2D eigenvalue weighted by Crippen LogP contribution is -2.35. The molecule has 0 spiro atoms. The first-order chi connectivity index (χ1) is 18.0. The third kappa shape index (κ3) is 3.84. The van der Waals surface area contributed by atoms with Crippen LogP contribution < -0.4 is 10.6 Å². The highest BCUT2D eigenvalue weighted by molar-refractivity contribution is 6.11. The van der Waals surface area contributed by atoms with Gasteiger partial charge in [0.25, 0.3) is 5.91 Å². The predicted molar refractivity (Wildman–Crippen MR) is 145 cm³/mol. The van der Waals surface area contributed by atoms with Crippen LogP contribution in [0.3, 0.4) is 0 Å². The molecular weight excluding hydrogens is 465 g/mol. The molecule has 0 bridgehead atoms. The number of nitrogens with one attached hydrogen (secondary N) is 2. The molecule has 4 aromatic rings. The Balaban J connectivity index is 1.52. The summed E-state index contributed by atoms with van der Waals surface area (Å²) in [7, 11) is 0. The van der Waals surface area contributed by atoms with Gasteiger partial charge in [0.05, 0.1) is 0 Å². The number of hydrogen-bond donors (Lipinski definition) is 2. The van der Waals surface area contributed by atoms with Crippen LogP contribution in [0.5, 0.6) is 0 Å². The Morgan fingerprint density at radius 1 is 1.03 bits per heavy atom. The minimum Gasteiger partial charge on any atom is -0.362 e. The maximum absolute atomic E-state index is 13.7. The fraction of sp³-hybridized carbons (Fsp3) is 0.226. The van der Waals surface area contributed by atoms with Crippen LogP contribution in [0.2, 0.25) is 0 Å². The van der Waals surface area contributed by atoms with E-state index >= 15 is 0 Å². The van der Waals surface area contributed by atoms with Gasteiger partial charge < -0.3 is 15.2 Å². The highest BCUT2D eigenvalue weighted by Crippen LogP contribution is 2.44. The molecule has 2 N–H and O–H groups in total. The number of hydrogen-bond acceptors (Lipinski definition) is 3. The molecule has 0 fully saturated rings. The quantitative estimate of drug-likeness (QED) is 0.338. The van der Waals surface area contributed by atoms with Crippen LogP contribution in [-0.4, -0.2) is 16.3 Å². The minimum absolute atomic E-state index is 0.0782. The molecular formula is C31H28FN3O2. The number of para-hydroxylation sites is 1. The first-order valence-electron chi connectivity index (χ1n) is 12.8. The van der Waals surface area contributed by atoms with Crippen molar-refractivity contribution in [2.24, 2.45) is 0 Å². The van der Waals surface area contributed by atoms with Crippen LogP contribution in [0.15, 0.2) is 89.3 Å². The van der Waals surface area contributed by atoms with Crippen LogP contribution >= 0.6 is 0 Å². The van der Waals surface area contributed by atoms with Crippen LogP contribution in [0.4, 0.5) is 10.1 Å². The molecule has 37 heavy (non-hydrogen) atoms. The second-order valence-corrected chi connectivity index (χ2v) is 9.76. The molecule has 2 aliphatic rings. The number of halogens is 1. The van der Waals surface area contributed by atoms with E-state index in [-0.39, 0.29) is 17.5 Å². The number of amides is 1. The molecule has 186 valence electrons. The Bertz CT molecular complexity index is 1640. The molecule has 6 rings (SSSR count). The van der Waals surface area contributed by atoms with Crippen molar-refractivity contribution in [2.75, 3.05) is 5.32 Å². The van der Waals surface area contributed by atoms with E-state index in [2.05, 4.69) is 46.4 Å². The van der Waals surface area contributed by atoms with Gasteiger partial charge in [-0.2, -0.15) is 0 Å². The van der Waals surface area contributed by atoms with Gasteiger partial charge in [-0.05, 0) is 74.7 Å². The average molecular weight is 494 g/mol. The van der Waals surface area contributed by atoms with Crippen LogP contribution in [0.25, 0.3) is 21.8 Å². The van der Waals surface area contributed by atoms with Crippen LogP contribution in [-0.2, 0) is 16.1 Å². The van der Waals surface area contributed by atoms with Gasteiger partial charge in [0, 0.05) is 68.9 Å². The van der Waals surface area contributed by atoms with Gasteiger partial charge >= 0.3 is 0 Å². The normalized spacial score (nSPS) is 17.8. The van der Waals surface area contributed by atoms with Crippen molar-refractivity contribution >= 4 is 39.2 Å². The number of allylic oxidation sites excluding steroid dienone is 3. The number of aryl methyl sites for hydroxylation is 1. The van der Waals surface area contributed by atoms with Gasteiger partial charge in [-0.1, -0.05) is 24.3 Å². The molecule has 3 aromatic carbocycles. The summed E-state index contributed by atoms with van der Waals surface area (Å²) in [5.74, 6) is -1.08. The van der Waals surface area contributed by atoms with E-state index < -0.39 is 5.92 Å². The van der Waals surface area contributed by atoms with Crippen molar-refractivity contribution < 1.29 is 14.0 Å². The number of dihydropyridines is 1. The number of anilines is 1. The lowest BCUT2D eigenvalue weighted by molar-refractivity contribution is -0.116. The Morgan fingerprint density at radius 3 is 2.57 bits per heavy atom. The number of aromatic nitrogens is 1. The number of benzene rings is 3. The van der Waals surface area contributed by atoms with Crippen molar-refractivity contribution in [2.45, 2.75) is 45.6 Å². The SMILES string of the molecule is CCn1c2ccccc2c2cc([C@H]3C(C(=O)Nc4ccc(F)cc4)=C(C)NC4=C3C(=O)CCC4)ccc21. The van der Waals surface area contributed by atoms with E-state index in [0.717, 1.165) is 58.1 Å². The van der Waals surface area contributed by atoms with Gasteiger partial charge in [-0.15, -0.1) is 0 Å². The van der Waals surface area contributed by atoms with E-state index in [4.69, 9.17) is 0 Å². The maximum atomic E-state index is 13.7. The third-order valence-corrected chi connectivity index (χ3v) is 7.57. The molecule has 1 atom stereocenters. The summed E-state index contributed by atoms with van der Waals surface area (Å²) in [6.45, 7) is 4.86. The standard InChI is InChI=1S/C31H28FN3O2/c1-3-35-25-9-5-4-7-22(25)23-17-19(11-16-26(23)35)29-28(31(37)34-21-14-12-20(32)13-15-21)18(2)33-24-8-6-10-27(36)30(24)29/h4-5,7,9,11-17,29,33H,3,6,8,10H2,1-2H3,(H,34,37)/t29-/m0/s1. The molecule has 0 saturated heterocycles. The molecule has 1 aliphatic heterocycles. The smallest absolute Gasteiger partial charge is 0.254 e. The topological polar surface area (TPSA) is 63.1 Å². The van der Waals surface area contributed by atoms with Gasteiger partial charge in [0.2, 0.25) is 0 Å². The van der Waals surface area contributed by atoms with E-state index in [1.807, 2.05) is 25.1 Å². The first-order valence-corrected chi connectivity index (χ1v) is 12.8. The molecule has 0 radical (unpaired) electrons. The van der Waals surface area contributed by atoms with E-state index in [1.165, 1.54) is 24.3 Å². The minimum atomic E-state index is -0.488. The molecule has 5 nitrogen and oxygen atoms in total. The molecule has 1 aromatic heterocycles. The second-order valence-electron chi connectivity index (χ2n) is 9.76. The van der Waals surface area contributed by atoms with Crippen molar-refractivity contribution in [3.63, 3.8) is 0 Å². The summed E-state index contributed by atoms with van der Waals surface area (Å²) in [5, 5.41) is 8.54. The summed E-state index contributed by atoms with van der Waals surface area (Å²) in [5.41, 5.74) is 6.54. The Morgan fingerprint density at radius 2 is 1.78 bits per heavy atom. The molecule has 0 unspecified atom stereocenters. The second kappa shape index (κ2) is 9.04. The zero-order chi connectivity index (χ0) is 25.7. The number of carbonyl (C=O) groups is 2. The lowest BCUT2D eigenvalue weighted by atomic mass is 9.74. The predicted octanol–water partition coefficient (Wildman–Crippen LogP) is 6.56. The van der Waals surface area contributed by atoms with Crippen molar-refractivity contribution in [1.29, 1.82) is 0 Å². The zero-order valence-corrected chi connectivity index (χ0v) is 20.9. The fourth-order valence-corrected chi connectivity index (χ4v) is 5.94. The lowest BCUT2D eigenvalue weighted by Gasteiger charge is -2.34.